The van der Waals surface area contributed by atoms with Crippen molar-refractivity contribution in [1.29, 1.82) is 0 Å². The first-order valence-electron chi connectivity index (χ1n) is 11.7. The maximum atomic E-state index is 14.5. The van der Waals surface area contributed by atoms with Crippen LogP contribution in [0.2, 0.25) is 0 Å². The Labute approximate surface area is 197 Å². The summed E-state index contributed by atoms with van der Waals surface area (Å²) in [5.41, 5.74) is 4.05. The number of aryl methyl sites for hydroxylation is 2. The molecule has 5 rings (SSSR count). The highest BCUT2D eigenvalue weighted by Gasteiger charge is 2.40. The van der Waals surface area contributed by atoms with Crippen LogP contribution in [0, 0.1) is 13.8 Å². The van der Waals surface area contributed by atoms with Gasteiger partial charge in [-0.25, -0.2) is 4.98 Å². The van der Waals surface area contributed by atoms with E-state index in [9.17, 15) is 8.78 Å². The average molecular weight is 470 g/mol. The summed E-state index contributed by atoms with van der Waals surface area (Å²) in [6, 6.07) is 8.15. The molecule has 1 aliphatic carbocycles. The fourth-order valence-corrected chi connectivity index (χ4v) is 4.25. The number of nitrogens with zero attached hydrogens (tertiary/aromatic N) is 4. The normalized spacial score (nSPS) is 17.7. The van der Waals surface area contributed by atoms with E-state index in [1.54, 1.807) is 6.07 Å². The summed E-state index contributed by atoms with van der Waals surface area (Å²) >= 11 is 0. The molecule has 1 saturated carbocycles. The number of aromatic nitrogens is 3. The lowest BCUT2D eigenvalue weighted by Crippen LogP contribution is -2.36. The van der Waals surface area contributed by atoms with E-state index in [2.05, 4.69) is 26.5 Å². The third-order valence-electron chi connectivity index (χ3n) is 6.35. The Kier molecular flexibility index (Phi) is 6.07. The molecular formula is C25H29F2N5O2. The number of hydrogen-bond acceptors (Lipinski definition) is 7. The largest absolute Gasteiger partial charge is 0.383 e. The van der Waals surface area contributed by atoms with Gasteiger partial charge in [0, 0.05) is 18.5 Å². The molecule has 9 heteroatoms. The number of pyridine rings is 1. The predicted octanol–water partition coefficient (Wildman–Crippen LogP) is 4.88. The second kappa shape index (κ2) is 9.03. The number of alkyl halides is 2. The number of benzene rings is 1. The SMILES string of the molecule is Cc1nc2c(C)nnc(N[C@H](C)c3cccc(C(F)(F)OC4CC4)c3)c2cc1N1CCOCC1. The minimum absolute atomic E-state index is 0.141. The van der Waals surface area contributed by atoms with Gasteiger partial charge in [0.05, 0.1) is 53.5 Å². The highest BCUT2D eigenvalue weighted by atomic mass is 19.3. The van der Waals surface area contributed by atoms with Gasteiger partial charge >= 0.3 is 6.11 Å². The van der Waals surface area contributed by atoms with Crippen molar-refractivity contribution >= 4 is 22.4 Å². The molecule has 1 N–H and O–H groups in total. The highest BCUT2D eigenvalue weighted by Crippen LogP contribution is 2.38. The lowest BCUT2D eigenvalue weighted by Gasteiger charge is -2.30. The Bertz CT molecular complexity index is 1200. The molecule has 0 amide bonds. The molecule has 1 atom stereocenters. The van der Waals surface area contributed by atoms with Crippen LogP contribution >= 0.6 is 0 Å². The summed E-state index contributed by atoms with van der Waals surface area (Å²) in [5, 5.41) is 12.9. The van der Waals surface area contributed by atoms with Crippen LogP contribution in [0.3, 0.4) is 0 Å². The van der Waals surface area contributed by atoms with Crippen LogP contribution in [0.1, 0.15) is 48.3 Å². The second-order valence-electron chi connectivity index (χ2n) is 9.05. The van der Waals surface area contributed by atoms with Crippen LogP contribution in [0.4, 0.5) is 20.3 Å². The Balaban J connectivity index is 1.45. The van der Waals surface area contributed by atoms with Crippen LogP contribution < -0.4 is 10.2 Å². The van der Waals surface area contributed by atoms with Crippen molar-refractivity contribution < 1.29 is 18.3 Å². The standard InChI is InChI=1S/C25H29F2N5O2/c1-15(18-5-4-6-19(13-18)25(26,27)34-20-7-8-20)29-24-21-14-22(32-9-11-33-12-10-32)16(2)28-23(21)17(3)30-31-24/h4-6,13-15,20H,7-12H2,1-3H3,(H,29,31)/t15-/m1/s1. The third kappa shape index (κ3) is 4.67. The van der Waals surface area contributed by atoms with Crippen LogP contribution in [0.15, 0.2) is 30.3 Å². The molecule has 0 spiro atoms. The van der Waals surface area contributed by atoms with E-state index in [0.29, 0.717) is 37.4 Å². The molecule has 3 aromatic rings. The van der Waals surface area contributed by atoms with Crippen molar-refractivity contribution in [2.75, 3.05) is 36.5 Å². The monoisotopic (exact) mass is 469 g/mol. The molecule has 2 aliphatic rings. The number of hydrogen-bond donors (Lipinski definition) is 1. The number of nitrogens with one attached hydrogen (secondary N) is 1. The molecule has 7 nitrogen and oxygen atoms in total. The van der Waals surface area contributed by atoms with Crippen LogP contribution in [0.25, 0.3) is 10.9 Å². The lowest BCUT2D eigenvalue weighted by molar-refractivity contribution is -0.255. The minimum atomic E-state index is -3.30. The van der Waals surface area contributed by atoms with Gasteiger partial charge in [0.15, 0.2) is 5.82 Å². The van der Waals surface area contributed by atoms with Gasteiger partial charge in [-0.1, -0.05) is 18.2 Å². The van der Waals surface area contributed by atoms with Crippen molar-refractivity contribution in [3.05, 3.63) is 52.8 Å². The van der Waals surface area contributed by atoms with E-state index >= 15 is 0 Å². The molecule has 0 radical (unpaired) electrons. The summed E-state index contributed by atoms with van der Waals surface area (Å²) in [4.78, 5) is 7.09. The first kappa shape index (κ1) is 22.9. The molecule has 1 aromatic carbocycles. The summed E-state index contributed by atoms with van der Waals surface area (Å²) in [6.45, 7) is 8.75. The smallest absolute Gasteiger partial charge is 0.378 e. The molecule has 2 fully saturated rings. The summed E-state index contributed by atoms with van der Waals surface area (Å²) < 4.78 is 39.5. The zero-order valence-electron chi connectivity index (χ0n) is 19.6. The summed E-state index contributed by atoms with van der Waals surface area (Å²) in [6.07, 6.45) is -2.28. The molecule has 1 saturated heterocycles. The summed E-state index contributed by atoms with van der Waals surface area (Å²) in [7, 11) is 0. The quantitative estimate of drug-likeness (QED) is 0.529. The number of rotatable bonds is 7. The van der Waals surface area contributed by atoms with E-state index in [-0.39, 0.29) is 17.7 Å². The van der Waals surface area contributed by atoms with Crippen molar-refractivity contribution in [2.24, 2.45) is 0 Å². The molecule has 0 unspecified atom stereocenters. The molecule has 34 heavy (non-hydrogen) atoms. The van der Waals surface area contributed by atoms with E-state index in [1.165, 1.54) is 12.1 Å². The maximum absolute atomic E-state index is 14.5. The Morgan fingerprint density at radius 3 is 2.62 bits per heavy atom. The van der Waals surface area contributed by atoms with E-state index < -0.39 is 6.11 Å². The average Bonchev–Trinajstić information content (AvgIpc) is 3.65. The molecule has 3 heterocycles. The number of anilines is 2. The fourth-order valence-electron chi connectivity index (χ4n) is 4.25. The van der Waals surface area contributed by atoms with Crippen LogP contribution in [-0.4, -0.2) is 47.6 Å². The van der Waals surface area contributed by atoms with Crippen molar-refractivity contribution in [3.8, 4) is 0 Å². The highest BCUT2D eigenvalue weighted by molar-refractivity contribution is 5.93. The zero-order valence-corrected chi connectivity index (χ0v) is 19.6. The van der Waals surface area contributed by atoms with Gasteiger partial charge in [-0.3, -0.25) is 0 Å². The lowest BCUT2D eigenvalue weighted by atomic mass is 10.0. The zero-order chi connectivity index (χ0) is 23.9. The van der Waals surface area contributed by atoms with Crippen molar-refractivity contribution in [2.45, 2.75) is 51.9 Å². The minimum Gasteiger partial charge on any atom is -0.378 e. The summed E-state index contributed by atoms with van der Waals surface area (Å²) in [5.74, 6) is 0.571. The molecular weight excluding hydrogens is 440 g/mol. The third-order valence-corrected chi connectivity index (χ3v) is 6.35. The Morgan fingerprint density at radius 2 is 1.88 bits per heavy atom. The van der Waals surface area contributed by atoms with Gasteiger partial charge in [-0.05, 0) is 51.3 Å². The predicted molar refractivity (Wildman–Crippen MR) is 126 cm³/mol. The Hall–Kier alpha value is -2.91. The Morgan fingerprint density at radius 1 is 1.12 bits per heavy atom. The fraction of sp³-hybridized carbons (Fsp3) is 0.480. The van der Waals surface area contributed by atoms with Gasteiger partial charge < -0.3 is 19.7 Å². The van der Waals surface area contributed by atoms with Crippen molar-refractivity contribution in [3.63, 3.8) is 0 Å². The van der Waals surface area contributed by atoms with Crippen molar-refractivity contribution in [1.82, 2.24) is 15.2 Å². The molecule has 180 valence electrons. The molecule has 0 bridgehead atoms. The van der Waals surface area contributed by atoms with E-state index in [1.807, 2.05) is 26.8 Å². The second-order valence-corrected chi connectivity index (χ2v) is 9.05. The van der Waals surface area contributed by atoms with Crippen LogP contribution in [-0.2, 0) is 15.6 Å². The van der Waals surface area contributed by atoms with Gasteiger partial charge in [0.25, 0.3) is 0 Å². The van der Waals surface area contributed by atoms with Gasteiger partial charge in [-0.2, -0.15) is 13.9 Å². The maximum Gasteiger partial charge on any atom is 0.383 e. The van der Waals surface area contributed by atoms with Gasteiger partial charge in [-0.15, -0.1) is 5.10 Å². The molecule has 1 aliphatic heterocycles. The topological polar surface area (TPSA) is 72.4 Å². The van der Waals surface area contributed by atoms with E-state index in [4.69, 9.17) is 14.5 Å². The number of morpholine rings is 1. The van der Waals surface area contributed by atoms with E-state index in [0.717, 1.165) is 41.1 Å². The van der Waals surface area contributed by atoms with Crippen LogP contribution in [0.5, 0.6) is 0 Å². The van der Waals surface area contributed by atoms with Gasteiger partial charge in [0.2, 0.25) is 0 Å². The number of fused-ring (bicyclic) bond motifs is 1. The van der Waals surface area contributed by atoms with Gasteiger partial charge in [0.1, 0.15) is 0 Å². The first-order chi connectivity index (χ1) is 16.3. The first-order valence-corrected chi connectivity index (χ1v) is 11.7. The molecule has 2 aromatic heterocycles. The number of halogens is 2. The number of ether oxygens (including phenoxy) is 2.